The highest BCUT2D eigenvalue weighted by Crippen LogP contribution is 2.55. The van der Waals surface area contributed by atoms with Crippen LogP contribution in [0.25, 0.3) is 0 Å². The minimum atomic E-state index is -7.44. The normalized spacial score (nSPS) is 19.4. The van der Waals surface area contributed by atoms with Crippen molar-refractivity contribution in [1.29, 1.82) is 0 Å². The van der Waals surface area contributed by atoms with Gasteiger partial charge in [0.2, 0.25) is 0 Å². The largest absolute Gasteiger partial charge is 0.493 e. The Morgan fingerprint density at radius 2 is 1.52 bits per heavy atom. The summed E-state index contributed by atoms with van der Waals surface area (Å²) in [5.74, 6) is -16.9. The van der Waals surface area contributed by atoms with E-state index in [1.165, 1.54) is 11.0 Å². The van der Waals surface area contributed by atoms with Crippen LogP contribution in [0.4, 0.5) is 44.3 Å². The van der Waals surface area contributed by atoms with Crippen molar-refractivity contribution < 1.29 is 71.2 Å². The van der Waals surface area contributed by atoms with Gasteiger partial charge in [0.05, 0.1) is 6.61 Å². The third-order valence-electron chi connectivity index (χ3n) is 7.56. The number of amides is 2. The van der Waals surface area contributed by atoms with Gasteiger partial charge in [-0.2, -0.15) is 47.9 Å². The number of piperidine rings is 1. The molecule has 0 saturated carbocycles. The first-order chi connectivity index (χ1) is 21.9. The highest BCUT2D eigenvalue weighted by atomic mass is 32.2. The van der Waals surface area contributed by atoms with Crippen molar-refractivity contribution in [3.05, 3.63) is 59.2 Å². The van der Waals surface area contributed by atoms with Gasteiger partial charge in [-0.15, -0.1) is 0 Å². The van der Waals surface area contributed by atoms with Crippen LogP contribution in [-0.2, 0) is 21.4 Å². The summed E-state index contributed by atoms with van der Waals surface area (Å²) in [7, 11) is -7.11. The third kappa shape index (κ3) is 7.10. The van der Waals surface area contributed by atoms with Crippen molar-refractivity contribution >= 4 is 22.1 Å². The Labute approximate surface area is 268 Å². The van der Waals surface area contributed by atoms with E-state index in [9.17, 15) is 57.5 Å². The Morgan fingerprint density at radius 3 is 2.10 bits per heavy atom. The first kappa shape index (κ1) is 36.9. The van der Waals surface area contributed by atoms with Crippen LogP contribution < -0.4 is 14.2 Å². The lowest BCUT2D eigenvalue weighted by Crippen LogP contribution is -2.63. The minimum absolute atomic E-state index is 0.0360. The van der Waals surface area contributed by atoms with Crippen LogP contribution in [0.5, 0.6) is 11.5 Å². The van der Waals surface area contributed by atoms with Gasteiger partial charge in [0.25, 0.3) is 5.91 Å². The van der Waals surface area contributed by atoms with E-state index in [0.29, 0.717) is 23.4 Å². The predicted molar refractivity (Wildman–Crippen MR) is 149 cm³/mol. The Morgan fingerprint density at radius 1 is 0.917 bits per heavy atom. The molecule has 2 amide bonds. The Balaban J connectivity index is 1.55. The average molecular weight is 721 g/mol. The number of hydrogen-bond acceptors (Lipinski definition) is 7. The zero-order valence-corrected chi connectivity index (χ0v) is 26.2. The molecule has 0 radical (unpaired) electrons. The highest BCUT2D eigenvalue weighted by molar-refractivity contribution is 7.88. The van der Waals surface area contributed by atoms with Gasteiger partial charge in [-0.1, -0.05) is 18.2 Å². The molecule has 48 heavy (non-hydrogen) atoms. The van der Waals surface area contributed by atoms with E-state index in [1.54, 1.807) is 32.9 Å². The quantitative estimate of drug-likeness (QED) is 0.233. The van der Waals surface area contributed by atoms with Crippen LogP contribution in [0, 0.1) is 5.92 Å². The zero-order chi connectivity index (χ0) is 36.1. The fraction of sp³-hybridized carbons (Fsp3) is 0.517. The number of likely N-dealkylation sites (tertiary alicyclic amines) is 1. The van der Waals surface area contributed by atoms with Crippen LogP contribution in [0.1, 0.15) is 54.6 Å². The average Bonchev–Trinajstić information content (AvgIpc) is 3.34. The summed E-state index contributed by atoms with van der Waals surface area (Å²) in [4.78, 5) is 26.3. The molecule has 1 N–H and O–H groups in total. The number of halogens is 9. The van der Waals surface area contributed by atoms with Gasteiger partial charge in [0, 0.05) is 31.1 Å². The van der Waals surface area contributed by atoms with Crippen molar-refractivity contribution in [3.8, 4) is 11.5 Å². The molecule has 2 atom stereocenters. The number of rotatable bonds is 9. The number of carbonyl (C=O) groups excluding carboxylic acids is 2. The van der Waals surface area contributed by atoms with E-state index in [-0.39, 0.29) is 32.0 Å². The molecule has 1 fully saturated rings. The number of alkyl halides is 9. The van der Waals surface area contributed by atoms with Gasteiger partial charge in [0.15, 0.2) is 0 Å². The molecule has 2 aliphatic rings. The van der Waals surface area contributed by atoms with E-state index < -0.39 is 62.7 Å². The first-order valence-electron chi connectivity index (χ1n) is 14.1. The number of benzene rings is 2. The van der Waals surface area contributed by atoms with Gasteiger partial charge in [-0.3, -0.25) is 4.79 Å². The molecule has 0 spiro atoms. The van der Waals surface area contributed by atoms with Crippen LogP contribution >= 0.6 is 0 Å². The van der Waals surface area contributed by atoms with Crippen molar-refractivity contribution in [3.63, 3.8) is 0 Å². The maximum Gasteiger partial charge on any atom is 0.460 e. The molecule has 266 valence electrons. The monoisotopic (exact) mass is 720 g/mol. The van der Waals surface area contributed by atoms with Crippen molar-refractivity contribution in [2.75, 3.05) is 19.7 Å². The highest BCUT2D eigenvalue weighted by Gasteiger charge is 2.86. The maximum atomic E-state index is 14.1. The Bertz CT molecular complexity index is 1640. The molecule has 19 heteroatoms. The molecule has 0 aliphatic carbocycles. The lowest BCUT2D eigenvalue weighted by molar-refractivity contribution is -0.382. The van der Waals surface area contributed by atoms with Crippen molar-refractivity contribution in [1.82, 2.24) is 10.2 Å². The van der Waals surface area contributed by atoms with E-state index in [0.717, 1.165) is 29.8 Å². The predicted octanol–water partition coefficient (Wildman–Crippen LogP) is 6.48. The van der Waals surface area contributed by atoms with E-state index >= 15 is 0 Å². The number of carbonyl (C=O) groups is 2. The molecular formula is C29H29F9N2O7S. The number of fused-ring (bicyclic) bond motifs is 1. The summed E-state index contributed by atoms with van der Waals surface area (Å²) >= 11 is 0. The van der Waals surface area contributed by atoms with E-state index in [4.69, 9.17) is 9.47 Å². The third-order valence-corrected chi connectivity index (χ3v) is 8.86. The number of nitrogens with zero attached hydrogens (tertiary/aromatic N) is 1. The SMILES string of the molecule is CC(C)(C)OC(=O)N1CC[C@@H](c2ccc(OS(=O)(=O)C(F)(F)C(F)(F)C(F)(F)C(F)(F)F)cc2)[C@H](COc2ccc3c(c2)C(=O)NC3)C1. The van der Waals surface area contributed by atoms with Crippen LogP contribution in [-0.4, -0.2) is 73.9 Å². The first-order valence-corrected chi connectivity index (χ1v) is 15.5. The lowest BCUT2D eigenvalue weighted by atomic mass is 9.81. The molecule has 0 unspecified atom stereocenters. The van der Waals surface area contributed by atoms with Crippen molar-refractivity contribution in [2.24, 2.45) is 5.92 Å². The number of nitrogens with one attached hydrogen (secondary N) is 1. The molecule has 0 aromatic heterocycles. The fourth-order valence-corrected chi connectivity index (χ4v) is 6.00. The van der Waals surface area contributed by atoms with Crippen molar-refractivity contribution in [2.45, 2.75) is 68.5 Å². The number of hydrogen-bond donors (Lipinski definition) is 1. The topological polar surface area (TPSA) is 111 Å². The standard InChI is InChI=1S/C29H29F9N2O7S/c1-25(2,3)46-24(42)40-11-10-21(18(14-40)15-45-20-9-6-17-13-39-23(41)22(17)12-20)16-4-7-19(8-5-16)47-48(43,44)29(37,38)27(32,33)26(30,31)28(34,35)36/h4-9,12,18,21H,10-11,13-15H2,1-3H3,(H,39,41)/t18-,21-/m0/s1. The molecule has 9 nitrogen and oxygen atoms in total. The van der Waals surface area contributed by atoms with Gasteiger partial charge in [-0.25, -0.2) is 4.79 Å². The lowest BCUT2D eigenvalue weighted by Gasteiger charge is -2.39. The summed E-state index contributed by atoms with van der Waals surface area (Å²) in [6.45, 7) is 5.57. The van der Waals surface area contributed by atoms with Crippen LogP contribution in [0.2, 0.25) is 0 Å². The summed E-state index contributed by atoms with van der Waals surface area (Å²) in [5.41, 5.74) is 0.758. The van der Waals surface area contributed by atoms with E-state index in [2.05, 4.69) is 9.50 Å². The molecular weight excluding hydrogens is 691 g/mol. The second-order valence-electron chi connectivity index (χ2n) is 12.2. The van der Waals surface area contributed by atoms with Gasteiger partial charge in [0.1, 0.15) is 17.1 Å². The Hall–Kier alpha value is -3.90. The number of ether oxygens (including phenoxy) is 2. The fourth-order valence-electron chi connectivity index (χ4n) is 5.08. The molecule has 1 saturated heterocycles. The molecule has 2 aliphatic heterocycles. The minimum Gasteiger partial charge on any atom is -0.493 e. The Kier molecular flexibility index (Phi) is 9.63. The van der Waals surface area contributed by atoms with E-state index in [1.807, 2.05) is 0 Å². The second-order valence-corrected chi connectivity index (χ2v) is 13.8. The summed E-state index contributed by atoms with van der Waals surface area (Å²) in [6, 6.07) is 8.61. The summed E-state index contributed by atoms with van der Waals surface area (Å²) < 4.78 is 159. The summed E-state index contributed by atoms with van der Waals surface area (Å²) in [5, 5.41) is -4.34. The molecule has 4 rings (SSSR count). The van der Waals surface area contributed by atoms with Gasteiger partial charge in [-0.05, 0) is 68.5 Å². The molecule has 0 bridgehead atoms. The molecule has 2 heterocycles. The molecule has 2 aromatic rings. The maximum absolute atomic E-state index is 14.1. The zero-order valence-electron chi connectivity index (χ0n) is 25.3. The smallest absolute Gasteiger partial charge is 0.460 e. The van der Waals surface area contributed by atoms with Gasteiger partial charge < -0.3 is 23.9 Å². The van der Waals surface area contributed by atoms with Gasteiger partial charge >= 0.3 is 39.5 Å². The van der Waals surface area contributed by atoms with Crippen LogP contribution in [0.3, 0.4) is 0 Å². The second kappa shape index (κ2) is 12.5. The van der Waals surface area contributed by atoms with Crippen LogP contribution in [0.15, 0.2) is 42.5 Å². The summed E-state index contributed by atoms with van der Waals surface area (Å²) in [6.07, 6.45) is -7.58. The molecule has 2 aromatic carbocycles.